The molecule has 0 heteroatoms. The van der Waals surface area contributed by atoms with E-state index in [4.69, 9.17) is 0 Å². The Balaban J connectivity index is 2.22. The summed E-state index contributed by atoms with van der Waals surface area (Å²) in [5.41, 5.74) is 1.40. The van der Waals surface area contributed by atoms with Gasteiger partial charge in [0.05, 0.1) is 0 Å². The van der Waals surface area contributed by atoms with Crippen LogP contribution < -0.4 is 0 Å². The molecule has 0 aliphatic heterocycles. The predicted octanol–water partition coefficient (Wildman–Crippen LogP) is 4.31. The van der Waals surface area contributed by atoms with Crippen LogP contribution in [0, 0.1) is 0 Å². The second-order valence-corrected chi connectivity index (χ2v) is 3.36. The van der Waals surface area contributed by atoms with Gasteiger partial charge in [0.1, 0.15) is 0 Å². The fourth-order valence-electron chi connectivity index (χ4n) is 1.31. The Bertz CT molecular complexity index is 328. The van der Waals surface area contributed by atoms with Gasteiger partial charge in [-0.1, -0.05) is 66.8 Å². The summed E-state index contributed by atoms with van der Waals surface area (Å²) in [5.74, 6) is 0. The molecule has 0 saturated heterocycles. The van der Waals surface area contributed by atoms with Crippen molar-refractivity contribution >= 4 is 0 Å². The highest BCUT2D eigenvalue weighted by Crippen LogP contribution is 2.02. The van der Waals surface area contributed by atoms with Gasteiger partial charge in [0.2, 0.25) is 0 Å². The first-order chi connectivity index (χ1) is 7.43. The minimum Gasteiger partial charge on any atom is -0.0877 e. The zero-order valence-corrected chi connectivity index (χ0v) is 9.27. The molecule has 78 valence electrons. The van der Waals surface area contributed by atoms with Gasteiger partial charge >= 0.3 is 0 Å². The van der Waals surface area contributed by atoms with E-state index in [2.05, 4.69) is 48.6 Å². The van der Waals surface area contributed by atoms with Crippen LogP contribution in [0.15, 0.2) is 66.8 Å². The van der Waals surface area contributed by atoms with Crippen molar-refractivity contribution in [2.75, 3.05) is 0 Å². The van der Waals surface area contributed by atoms with Crippen LogP contribution in [0.4, 0.5) is 0 Å². The first kappa shape index (κ1) is 11.5. The molecule has 0 N–H and O–H groups in total. The van der Waals surface area contributed by atoms with Crippen LogP contribution in [0.1, 0.15) is 18.9 Å². The maximum absolute atomic E-state index is 2.20. The minimum atomic E-state index is 1.10. The third kappa shape index (κ3) is 5.69. The molecule has 0 atom stereocenters. The summed E-state index contributed by atoms with van der Waals surface area (Å²) in [6, 6.07) is 10.6. The molecule has 15 heavy (non-hydrogen) atoms. The van der Waals surface area contributed by atoms with Crippen molar-refractivity contribution in [1.82, 2.24) is 0 Å². The van der Waals surface area contributed by atoms with Gasteiger partial charge in [-0.3, -0.25) is 0 Å². The Morgan fingerprint density at radius 2 is 1.67 bits per heavy atom. The van der Waals surface area contributed by atoms with E-state index in [1.807, 2.05) is 25.2 Å². The third-order valence-electron chi connectivity index (χ3n) is 2.10. The number of rotatable bonds is 5. The molecule has 0 nitrogen and oxygen atoms in total. The number of aryl methyl sites for hydroxylation is 1. The Labute approximate surface area is 92.6 Å². The van der Waals surface area contributed by atoms with Gasteiger partial charge in [-0.05, 0) is 25.3 Å². The van der Waals surface area contributed by atoms with E-state index < -0.39 is 0 Å². The van der Waals surface area contributed by atoms with E-state index in [0.29, 0.717) is 0 Å². The van der Waals surface area contributed by atoms with Gasteiger partial charge in [0, 0.05) is 0 Å². The third-order valence-corrected chi connectivity index (χ3v) is 2.10. The monoisotopic (exact) mass is 198 g/mol. The van der Waals surface area contributed by atoms with Crippen LogP contribution in [0.25, 0.3) is 0 Å². The highest BCUT2D eigenvalue weighted by molar-refractivity contribution is 5.16. The quantitative estimate of drug-likeness (QED) is 0.618. The average molecular weight is 198 g/mol. The summed E-state index contributed by atoms with van der Waals surface area (Å²) in [6.45, 7) is 2.02. The molecule has 1 rings (SSSR count). The van der Waals surface area contributed by atoms with Crippen LogP contribution >= 0.6 is 0 Å². The van der Waals surface area contributed by atoms with Crippen molar-refractivity contribution in [2.45, 2.75) is 19.8 Å². The van der Waals surface area contributed by atoms with Crippen molar-refractivity contribution < 1.29 is 0 Å². The lowest BCUT2D eigenvalue weighted by Crippen LogP contribution is -1.80. The summed E-state index contributed by atoms with van der Waals surface area (Å²) in [5, 5.41) is 0. The molecule has 1 aromatic carbocycles. The molecular formula is C15H18. The van der Waals surface area contributed by atoms with Gasteiger partial charge in [-0.2, -0.15) is 0 Å². The lowest BCUT2D eigenvalue weighted by molar-refractivity contribution is 1.00. The predicted molar refractivity (Wildman–Crippen MR) is 67.9 cm³/mol. The zero-order chi connectivity index (χ0) is 10.8. The van der Waals surface area contributed by atoms with Gasteiger partial charge < -0.3 is 0 Å². The average Bonchev–Trinajstić information content (AvgIpc) is 2.29. The minimum absolute atomic E-state index is 1.10. The van der Waals surface area contributed by atoms with Crippen LogP contribution in [-0.4, -0.2) is 0 Å². The second-order valence-electron chi connectivity index (χ2n) is 3.36. The van der Waals surface area contributed by atoms with Gasteiger partial charge in [-0.25, -0.2) is 0 Å². The Morgan fingerprint density at radius 3 is 2.40 bits per heavy atom. The number of allylic oxidation sites excluding steroid dienone is 6. The van der Waals surface area contributed by atoms with Gasteiger partial charge in [0.15, 0.2) is 0 Å². The maximum atomic E-state index is 2.20. The summed E-state index contributed by atoms with van der Waals surface area (Å²) in [7, 11) is 0. The molecule has 0 radical (unpaired) electrons. The fraction of sp³-hybridized carbons (Fsp3) is 0.200. The topological polar surface area (TPSA) is 0 Å². The van der Waals surface area contributed by atoms with Crippen molar-refractivity contribution in [2.24, 2.45) is 0 Å². The number of benzene rings is 1. The summed E-state index contributed by atoms with van der Waals surface area (Å²) < 4.78 is 0. The number of hydrogen-bond donors (Lipinski definition) is 0. The first-order valence-electron chi connectivity index (χ1n) is 5.42. The molecule has 0 heterocycles. The standard InChI is InChI=1S/C15H18/c1-2-3-4-5-6-7-9-12-15-13-10-8-11-14-15/h2-8,10-11,13-14H,9,12H2,1H3/b3-2+,5-4+,7-6+. The molecule has 0 bridgehead atoms. The highest BCUT2D eigenvalue weighted by atomic mass is 13.9. The van der Waals surface area contributed by atoms with Crippen molar-refractivity contribution in [3.8, 4) is 0 Å². The van der Waals surface area contributed by atoms with Gasteiger partial charge in [-0.15, -0.1) is 0 Å². The van der Waals surface area contributed by atoms with Crippen molar-refractivity contribution in [3.63, 3.8) is 0 Å². The summed E-state index contributed by atoms with van der Waals surface area (Å²) in [4.78, 5) is 0. The molecule has 0 aromatic heterocycles. The molecule has 0 unspecified atom stereocenters. The van der Waals surface area contributed by atoms with E-state index in [9.17, 15) is 0 Å². The normalized spacial score (nSPS) is 12.1. The molecule has 0 fully saturated rings. The fourth-order valence-corrected chi connectivity index (χ4v) is 1.31. The molecule has 0 amide bonds. The zero-order valence-electron chi connectivity index (χ0n) is 9.27. The second kappa shape index (κ2) is 7.81. The Morgan fingerprint density at radius 1 is 0.933 bits per heavy atom. The Kier molecular flexibility index (Phi) is 5.99. The molecular weight excluding hydrogens is 180 g/mol. The molecule has 0 saturated carbocycles. The van der Waals surface area contributed by atoms with E-state index in [0.717, 1.165) is 12.8 Å². The molecule has 0 aliphatic rings. The number of hydrogen-bond acceptors (Lipinski definition) is 0. The lowest BCUT2D eigenvalue weighted by atomic mass is 10.1. The lowest BCUT2D eigenvalue weighted by Gasteiger charge is -1.95. The Hall–Kier alpha value is -1.56. The van der Waals surface area contributed by atoms with Crippen LogP contribution in [0.2, 0.25) is 0 Å². The van der Waals surface area contributed by atoms with E-state index in [-0.39, 0.29) is 0 Å². The summed E-state index contributed by atoms with van der Waals surface area (Å²) in [6.07, 6.45) is 14.7. The maximum Gasteiger partial charge on any atom is -0.0244 e. The van der Waals surface area contributed by atoms with Crippen LogP contribution in [0.5, 0.6) is 0 Å². The first-order valence-corrected chi connectivity index (χ1v) is 5.42. The van der Waals surface area contributed by atoms with Crippen molar-refractivity contribution in [3.05, 3.63) is 72.4 Å². The van der Waals surface area contributed by atoms with Crippen molar-refractivity contribution in [1.29, 1.82) is 0 Å². The molecule has 1 aromatic rings. The largest absolute Gasteiger partial charge is 0.0877 e. The highest BCUT2D eigenvalue weighted by Gasteiger charge is 1.86. The van der Waals surface area contributed by atoms with E-state index in [1.54, 1.807) is 0 Å². The van der Waals surface area contributed by atoms with E-state index in [1.165, 1.54) is 5.56 Å². The van der Waals surface area contributed by atoms with E-state index >= 15 is 0 Å². The summed E-state index contributed by atoms with van der Waals surface area (Å²) >= 11 is 0. The molecule has 0 spiro atoms. The molecule has 0 aliphatic carbocycles. The van der Waals surface area contributed by atoms with Crippen LogP contribution in [-0.2, 0) is 6.42 Å². The smallest absolute Gasteiger partial charge is 0.0244 e. The van der Waals surface area contributed by atoms with Gasteiger partial charge in [0.25, 0.3) is 0 Å². The van der Waals surface area contributed by atoms with Crippen LogP contribution in [0.3, 0.4) is 0 Å². The SMILES string of the molecule is C/C=C/C=C/C=C/CCc1ccccc1.